The molecule has 2 heterocycles. The zero-order valence-electron chi connectivity index (χ0n) is 11.5. The molecule has 0 aliphatic carbocycles. The van der Waals surface area contributed by atoms with Gasteiger partial charge < -0.3 is 20.5 Å². The van der Waals surface area contributed by atoms with Crippen LogP contribution in [0.1, 0.15) is 19.3 Å². The second-order valence-electron chi connectivity index (χ2n) is 5.36. The van der Waals surface area contributed by atoms with Crippen LogP contribution in [0.25, 0.3) is 0 Å². The van der Waals surface area contributed by atoms with Crippen molar-refractivity contribution in [1.29, 1.82) is 0 Å². The van der Waals surface area contributed by atoms with Crippen molar-refractivity contribution in [3.8, 4) is 0 Å². The smallest absolute Gasteiger partial charge is 0.0862 e. The second kappa shape index (κ2) is 6.88. The first kappa shape index (κ1) is 14.3. The fraction of sp³-hybridized carbons (Fsp3) is 0.769. The molecule has 0 aromatic carbocycles. The van der Waals surface area contributed by atoms with Crippen molar-refractivity contribution in [2.45, 2.75) is 38.0 Å². The van der Waals surface area contributed by atoms with Gasteiger partial charge in [0.15, 0.2) is 0 Å². The van der Waals surface area contributed by atoms with Gasteiger partial charge >= 0.3 is 0 Å². The van der Waals surface area contributed by atoms with Gasteiger partial charge in [-0.15, -0.1) is 0 Å². The first-order valence-corrected chi connectivity index (χ1v) is 6.89. The highest BCUT2D eigenvalue weighted by atomic mass is 16.5. The highest BCUT2D eigenvalue weighted by Gasteiger charge is 2.17. The number of nitrogens with zero attached hydrogens (tertiary/aromatic N) is 3. The molecule has 3 N–H and O–H groups in total. The summed E-state index contributed by atoms with van der Waals surface area (Å²) in [6.45, 7) is 2.82. The summed E-state index contributed by atoms with van der Waals surface area (Å²) in [6, 6.07) is 0. The lowest BCUT2D eigenvalue weighted by molar-refractivity contribution is -0.00894. The Hall–Kier alpha value is -1.11. The molecule has 0 bridgehead atoms. The Morgan fingerprint density at radius 1 is 1.63 bits per heavy atom. The fourth-order valence-electron chi connectivity index (χ4n) is 2.49. The normalized spacial score (nSPS) is 21.7. The van der Waals surface area contributed by atoms with Crippen LogP contribution in [0.4, 0.5) is 5.69 Å². The van der Waals surface area contributed by atoms with E-state index in [2.05, 4.69) is 10.00 Å². The molecule has 0 amide bonds. The molecule has 1 fully saturated rings. The van der Waals surface area contributed by atoms with E-state index in [0.717, 1.165) is 19.6 Å². The maximum atomic E-state index is 10.0. The highest BCUT2D eigenvalue weighted by molar-refractivity contribution is 5.30. The van der Waals surface area contributed by atoms with Crippen LogP contribution < -0.4 is 5.73 Å². The molecule has 2 atom stereocenters. The number of hydrogen-bond acceptors (Lipinski definition) is 5. The Labute approximate surface area is 114 Å². The minimum Gasteiger partial charge on any atom is -0.396 e. The molecule has 0 saturated carbocycles. The molecule has 1 aromatic rings. The predicted molar refractivity (Wildman–Crippen MR) is 73.7 cm³/mol. The highest BCUT2D eigenvalue weighted by Crippen LogP contribution is 2.13. The first-order valence-electron chi connectivity index (χ1n) is 6.89. The van der Waals surface area contributed by atoms with Crippen LogP contribution in [-0.4, -0.2) is 58.7 Å². The van der Waals surface area contributed by atoms with Gasteiger partial charge in [-0.2, -0.15) is 5.10 Å². The summed E-state index contributed by atoms with van der Waals surface area (Å²) in [5.41, 5.74) is 6.21. The van der Waals surface area contributed by atoms with E-state index in [0.29, 0.717) is 24.9 Å². The van der Waals surface area contributed by atoms with Gasteiger partial charge in [0.25, 0.3) is 0 Å². The number of anilines is 1. The molecule has 6 nitrogen and oxygen atoms in total. The molecular weight excluding hydrogens is 244 g/mol. The summed E-state index contributed by atoms with van der Waals surface area (Å²) in [5.74, 6) is 0. The van der Waals surface area contributed by atoms with Crippen molar-refractivity contribution in [2.75, 3.05) is 32.5 Å². The van der Waals surface area contributed by atoms with E-state index in [1.807, 2.05) is 7.05 Å². The first-order chi connectivity index (χ1) is 9.13. The fourth-order valence-corrected chi connectivity index (χ4v) is 2.49. The molecule has 1 aromatic heterocycles. The lowest BCUT2D eigenvalue weighted by Gasteiger charge is -2.28. The second-order valence-corrected chi connectivity index (χ2v) is 5.36. The summed E-state index contributed by atoms with van der Waals surface area (Å²) in [6.07, 6.45) is 6.71. The Kier molecular flexibility index (Phi) is 5.18. The molecule has 0 radical (unpaired) electrons. The summed E-state index contributed by atoms with van der Waals surface area (Å²) in [4.78, 5) is 2.12. The van der Waals surface area contributed by atoms with Crippen LogP contribution in [-0.2, 0) is 11.3 Å². The molecule has 2 rings (SSSR count). The number of likely N-dealkylation sites (N-methyl/N-ethyl adjacent to an activating group) is 1. The van der Waals surface area contributed by atoms with Gasteiger partial charge in [0.2, 0.25) is 0 Å². The van der Waals surface area contributed by atoms with Crippen LogP contribution in [0.15, 0.2) is 12.4 Å². The third kappa shape index (κ3) is 4.81. The van der Waals surface area contributed by atoms with Crippen LogP contribution in [0.3, 0.4) is 0 Å². The third-order valence-electron chi connectivity index (χ3n) is 3.36. The topological polar surface area (TPSA) is 76.5 Å². The van der Waals surface area contributed by atoms with Crippen molar-refractivity contribution >= 4 is 5.69 Å². The molecule has 108 valence electrons. The largest absolute Gasteiger partial charge is 0.396 e. The van der Waals surface area contributed by atoms with Gasteiger partial charge in [-0.25, -0.2) is 0 Å². The number of aromatic nitrogens is 2. The van der Waals surface area contributed by atoms with E-state index >= 15 is 0 Å². The van der Waals surface area contributed by atoms with Crippen LogP contribution in [0, 0.1) is 0 Å². The van der Waals surface area contributed by atoms with E-state index in [1.165, 1.54) is 12.8 Å². The molecule has 1 aliphatic heterocycles. The zero-order valence-corrected chi connectivity index (χ0v) is 11.5. The third-order valence-corrected chi connectivity index (χ3v) is 3.36. The molecule has 1 saturated heterocycles. The number of nitrogen functional groups attached to an aromatic ring is 1. The van der Waals surface area contributed by atoms with E-state index in [-0.39, 0.29) is 0 Å². The lowest BCUT2D eigenvalue weighted by Crippen LogP contribution is -2.38. The van der Waals surface area contributed by atoms with Gasteiger partial charge in [-0.3, -0.25) is 4.68 Å². The quantitative estimate of drug-likeness (QED) is 0.777. The van der Waals surface area contributed by atoms with E-state index in [4.69, 9.17) is 10.5 Å². The summed E-state index contributed by atoms with van der Waals surface area (Å²) in [5, 5.41) is 14.1. The van der Waals surface area contributed by atoms with Crippen molar-refractivity contribution < 1.29 is 9.84 Å². The number of ether oxygens (including phenoxy) is 1. The average Bonchev–Trinajstić information content (AvgIpc) is 2.75. The van der Waals surface area contributed by atoms with Crippen LogP contribution in [0.2, 0.25) is 0 Å². The van der Waals surface area contributed by atoms with Crippen molar-refractivity contribution in [3.63, 3.8) is 0 Å². The number of aliphatic hydroxyl groups excluding tert-OH is 1. The number of aliphatic hydroxyl groups is 1. The Morgan fingerprint density at radius 3 is 3.11 bits per heavy atom. The van der Waals surface area contributed by atoms with E-state index in [1.54, 1.807) is 17.1 Å². The Balaban J connectivity index is 1.70. The van der Waals surface area contributed by atoms with Gasteiger partial charge in [-0.05, 0) is 26.3 Å². The summed E-state index contributed by atoms with van der Waals surface area (Å²) < 4.78 is 7.37. The SMILES string of the molecule is CN(CC(O)Cn1cc(N)cn1)CC1CCCCO1. The van der Waals surface area contributed by atoms with Crippen LogP contribution >= 0.6 is 0 Å². The summed E-state index contributed by atoms with van der Waals surface area (Å²) >= 11 is 0. The van der Waals surface area contributed by atoms with Crippen molar-refractivity contribution in [1.82, 2.24) is 14.7 Å². The lowest BCUT2D eigenvalue weighted by atomic mass is 10.1. The Bertz CT molecular complexity index is 376. The number of nitrogens with two attached hydrogens (primary N) is 1. The van der Waals surface area contributed by atoms with Gasteiger partial charge in [0, 0.05) is 25.9 Å². The van der Waals surface area contributed by atoms with Gasteiger partial charge in [-0.1, -0.05) is 0 Å². The van der Waals surface area contributed by atoms with Gasteiger partial charge in [0.1, 0.15) is 0 Å². The number of hydrogen-bond donors (Lipinski definition) is 2. The molecule has 2 unspecified atom stereocenters. The van der Waals surface area contributed by atoms with E-state index < -0.39 is 6.10 Å². The molecule has 0 spiro atoms. The molecule has 19 heavy (non-hydrogen) atoms. The minimum atomic E-state index is -0.451. The standard InChI is InChI=1S/C13H24N4O2/c1-16(10-13-4-2-3-5-19-13)8-12(18)9-17-7-11(14)6-15-17/h6-7,12-13,18H,2-5,8-10,14H2,1H3. The summed E-state index contributed by atoms with van der Waals surface area (Å²) in [7, 11) is 2.01. The molecule has 6 heteroatoms. The monoisotopic (exact) mass is 268 g/mol. The van der Waals surface area contributed by atoms with E-state index in [9.17, 15) is 5.11 Å². The van der Waals surface area contributed by atoms with Crippen molar-refractivity contribution in [2.24, 2.45) is 0 Å². The minimum absolute atomic E-state index is 0.311. The maximum absolute atomic E-state index is 10.0. The predicted octanol–water partition coefficient (Wildman–Crippen LogP) is 0.327. The van der Waals surface area contributed by atoms with Gasteiger partial charge in [0.05, 0.1) is 30.6 Å². The zero-order chi connectivity index (χ0) is 13.7. The number of rotatable bonds is 6. The Morgan fingerprint density at radius 2 is 2.47 bits per heavy atom. The molecule has 1 aliphatic rings. The van der Waals surface area contributed by atoms with Crippen molar-refractivity contribution in [3.05, 3.63) is 12.4 Å². The van der Waals surface area contributed by atoms with Crippen LogP contribution in [0.5, 0.6) is 0 Å². The maximum Gasteiger partial charge on any atom is 0.0862 e. The molecular formula is C13H24N4O2. The average molecular weight is 268 g/mol.